The summed E-state index contributed by atoms with van der Waals surface area (Å²) in [6.07, 6.45) is 0. The summed E-state index contributed by atoms with van der Waals surface area (Å²) in [6.45, 7) is 2.14. The van der Waals surface area contributed by atoms with Crippen LogP contribution in [0.3, 0.4) is 0 Å². The molecule has 2 nitrogen and oxygen atoms in total. The van der Waals surface area contributed by atoms with Crippen LogP contribution in [0, 0.1) is 0 Å². The van der Waals surface area contributed by atoms with Gasteiger partial charge in [-0.05, 0) is 18.3 Å². The topological polar surface area (TPSA) is 21.3 Å². The quantitative estimate of drug-likeness (QED) is 0.845. The number of rotatable bonds is 4. The molecule has 2 aromatic carbocycles. The lowest BCUT2D eigenvalue weighted by molar-refractivity contribution is 0.471. The van der Waals surface area contributed by atoms with Crippen molar-refractivity contribution in [3.05, 3.63) is 48.5 Å². The minimum Gasteiger partial charge on any atom is -0.388 e. The fourth-order valence-electron chi connectivity index (χ4n) is 2.01. The molecule has 2 rings (SSSR count). The Labute approximate surface area is 110 Å². The summed E-state index contributed by atoms with van der Waals surface area (Å²) in [6, 6.07) is 16.8. The van der Waals surface area contributed by atoms with Crippen molar-refractivity contribution < 1.29 is 4.52 Å². The molecule has 0 aliphatic carbocycles. The Morgan fingerprint density at radius 3 is 2.22 bits per heavy atom. The van der Waals surface area contributed by atoms with Crippen LogP contribution in [0.4, 0.5) is 5.69 Å². The highest BCUT2D eigenvalue weighted by atomic mass is 31.1. The van der Waals surface area contributed by atoms with Crippen LogP contribution in [-0.2, 0) is 4.52 Å². The summed E-state index contributed by atoms with van der Waals surface area (Å²) in [4.78, 5) is 0. The average Bonchev–Trinajstić information content (AvgIpc) is 2.46. The van der Waals surface area contributed by atoms with E-state index in [1.165, 1.54) is 16.4 Å². The molecule has 1 atom stereocenters. The zero-order valence-electron chi connectivity index (χ0n) is 11.0. The summed E-state index contributed by atoms with van der Waals surface area (Å²) in [7, 11) is 3.16. The maximum absolute atomic E-state index is 5.52. The summed E-state index contributed by atoms with van der Waals surface area (Å²) in [5.74, 6) is 0. The molecular formula is C15H18NOP. The molecule has 1 N–H and O–H groups in total. The summed E-state index contributed by atoms with van der Waals surface area (Å²) >= 11 is 0. The molecule has 1 unspecified atom stereocenters. The predicted octanol–water partition coefficient (Wildman–Crippen LogP) is 3.69. The molecule has 0 aliphatic heterocycles. The van der Waals surface area contributed by atoms with Gasteiger partial charge in [0.15, 0.2) is 0 Å². The van der Waals surface area contributed by atoms with E-state index in [9.17, 15) is 0 Å². The molecule has 0 saturated heterocycles. The summed E-state index contributed by atoms with van der Waals surface area (Å²) < 4.78 is 5.52. The van der Waals surface area contributed by atoms with Crippen molar-refractivity contribution in [2.45, 2.75) is 0 Å². The number of nitrogens with one attached hydrogen (secondary N) is 1. The molecule has 0 bridgehead atoms. The minimum absolute atomic E-state index is 0.563. The lowest BCUT2D eigenvalue weighted by Gasteiger charge is -2.17. The van der Waals surface area contributed by atoms with Gasteiger partial charge in [0.1, 0.15) is 0 Å². The minimum atomic E-state index is -0.563. The molecular weight excluding hydrogens is 241 g/mol. The van der Waals surface area contributed by atoms with E-state index in [4.69, 9.17) is 4.52 Å². The van der Waals surface area contributed by atoms with E-state index in [2.05, 4.69) is 54.4 Å². The average molecular weight is 259 g/mol. The predicted molar refractivity (Wildman–Crippen MR) is 80.9 cm³/mol. The molecule has 2 aromatic rings. The van der Waals surface area contributed by atoms with Gasteiger partial charge in [-0.2, -0.15) is 0 Å². The summed E-state index contributed by atoms with van der Waals surface area (Å²) in [5.41, 5.74) is 3.62. The van der Waals surface area contributed by atoms with Crippen LogP contribution in [0.2, 0.25) is 0 Å². The molecule has 0 fully saturated rings. The van der Waals surface area contributed by atoms with Crippen LogP contribution in [0.15, 0.2) is 48.5 Å². The van der Waals surface area contributed by atoms with Gasteiger partial charge in [0.25, 0.3) is 0 Å². The smallest absolute Gasteiger partial charge is 0.0573 e. The highest BCUT2D eigenvalue weighted by molar-refractivity contribution is 7.60. The first-order chi connectivity index (χ1) is 8.77. The van der Waals surface area contributed by atoms with E-state index in [-0.39, 0.29) is 0 Å². The maximum atomic E-state index is 5.52. The van der Waals surface area contributed by atoms with Crippen molar-refractivity contribution in [1.82, 2.24) is 0 Å². The van der Waals surface area contributed by atoms with Crippen LogP contribution < -0.4 is 10.6 Å². The van der Waals surface area contributed by atoms with Gasteiger partial charge in [-0.15, -0.1) is 0 Å². The summed E-state index contributed by atoms with van der Waals surface area (Å²) in [5, 5.41) is 4.52. The highest BCUT2D eigenvalue weighted by Gasteiger charge is 2.12. The van der Waals surface area contributed by atoms with Crippen molar-refractivity contribution in [1.29, 1.82) is 0 Å². The van der Waals surface area contributed by atoms with Crippen LogP contribution in [0.5, 0.6) is 0 Å². The Hall–Kier alpha value is -1.37. The van der Waals surface area contributed by atoms with Crippen molar-refractivity contribution in [3.63, 3.8) is 0 Å². The second-order valence-corrected chi connectivity index (χ2v) is 5.83. The Morgan fingerprint density at radius 2 is 1.56 bits per heavy atom. The second kappa shape index (κ2) is 5.99. The lowest BCUT2D eigenvalue weighted by atomic mass is 10.0. The van der Waals surface area contributed by atoms with Crippen LogP contribution in [-0.4, -0.2) is 20.8 Å². The number of para-hydroxylation sites is 1. The molecule has 0 spiro atoms. The standard InChI is InChI=1S/C15H18NOP/c1-16-14-10-6-4-8-12(14)13-9-5-7-11-15(13)18(3)17-2/h4-11,16H,1-3H3. The number of hydrogen-bond acceptors (Lipinski definition) is 2. The van der Waals surface area contributed by atoms with Crippen molar-refractivity contribution in [2.24, 2.45) is 0 Å². The highest BCUT2D eigenvalue weighted by Crippen LogP contribution is 2.36. The van der Waals surface area contributed by atoms with E-state index in [1.807, 2.05) is 13.1 Å². The van der Waals surface area contributed by atoms with Gasteiger partial charge in [0.05, 0.1) is 8.15 Å². The van der Waals surface area contributed by atoms with E-state index in [1.54, 1.807) is 7.11 Å². The molecule has 18 heavy (non-hydrogen) atoms. The molecule has 94 valence electrons. The molecule has 0 heterocycles. The molecule has 3 heteroatoms. The van der Waals surface area contributed by atoms with E-state index in [0.717, 1.165) is 5.69 Å². The van der Waals surface area contributed by atoms with Gasteiger partial charge in [-0.3, -0.25) is 0 Å². The molecule has 0 saturated carbocycles. The first kappa shape index (κ1) is 13.1. The third-order valence-electron chi connectivity index (χ3n) is 3.00. The number of hydrogen-bond donors (Lipinski definition) is 1. The van der Waals surface area contributed by atoms with E-state index < -0.39 is 8.15 Å². The largest absolute Gasteiger partial charge is 0.388 e. The third kappa shape index (κ3) is 2.55. The van der Waals surface area contributed by atoms with Crippen LogP contribution >= 0.6 is 8.15 Å². The van der Waals surface area contributed by atoms with Gasteiger partial charge in [0.2, 0.25) is 0 Å². The lowest BCUT2D eigenvalue weighted by Crippen LogP contribution is -2.06. The van der Waals surface area contributed by atoms with E-state index >= 15 is 0 Å². The molecule has 0 radical (unpaired) electrons. The van der Waals surface area contributed by atoms with Crippen molar-refractivity contribution >= 4 is 19.1 Å². The fraction of sp³-hybridized carbons (Fsp3) is 0.200. The first-order valence-corrected chi connectivity index (χ1v) is 7.62. The van der Waals surface area contributed by atoms with Crippen molar-refractivity contribution in [3.8, 4) is 11.1 Å². The number of benzene rings is 2. The van der Waals surface area contributed by atoms with Crippen molar-refractivity contribution in [2.75, 3.05) is 26.1 Å². The third-order valence-corrected chi connectivity index (χ3v) is 4.62. The van der Waals surface area contributed by atoms with Gasteiger partial charge in [-0.25, -0.2) is 0 Å². The fourth-order valence-corrected chi connectivity index (χ4v) is 3.04. The monoisotopic (exact) mass is 259 g/mol. The first-order valence-electron chi connectivity index (χ1n) is 5.92. The van der Waals surface area contributed by atoms with Gasteiger partial charge in [0, 0.05) is 30.7 Å². The maximum Gasteiger partial charge on any atom is 0.0573 e. The molecule has 0 aromatic heterocycles. The van der Waals surface area contributed by atoms with Gasteiger partial charge in [-0.1, -0.05) is 42.5 Å². The Kier molecular flexibility index (Phi) is 4.35. The van der Waals surface area contributed by atoms with Crippen LogP contribution in [0.1, 0.15) is 0 Å². The zero-order valence-corrected chi connectivity index (χ0v) is 11.9. The second-order valence-electron chi connectivity index (χ2n) is 3.99. The number of anilines is 1. The molecule has 0 amide bonds. The molecule has 0 aliphatic rings. The van der Waals surface area contributed by atoms with Crippen LogP contribution in [0.25, 0.3) is 11.1 Å². The normalized spacial score (nSPS) is 12.2. The Bertz CT molecular complexity index is 527. The van der Waals surface area contributed by atoms with Gasteiger partial charge >= 0.3 is 0 Å². The Morgan fingerprint density at radius 1 is 0.944 bits per heavy atom. The zero-order chi connectivity index (χ0) is 13.0. The van der Waals surface area contributed by atoms with Gasteiger partial charge < -0.3 is 9.84 Å². The SMILES string of the molecule is CNc1ccccc1-c1ccccc1P(C)OC. The van der Waals surface area contributed by atoms with E-state index in [0.29, 0.717) is 0 Å². The Balaban J connectivity index is 2.57.